The van der Waals surface area contributed by atoms with Crippen molar-refractivity contribution in [2.24, 2.45) is 0 Å². The summed E-state index contributed by atoms with van der Waals surface area (Å²) in [5.74, 6) is -1.22. The van der Waals surface area contributed by atoms with E-state index in [2.05, 4.69) is 9.97 Å². The van der Waals surface area contributed by atoms with Gasteiger partial charge in [0.1, 0.15) is 11.7 Å². The number of H-pyrrole nitrogens is 1. The molecule has 0 spiro atoms. The average molecular weight is 252 g/mol. The lowest BCUT2D eigenvalue weighted by Crippen LogP contribution is -2.14. The molecule has 1 atom stereocenters. The Morgan fingerprint density at radius 1 is 1.05 bits per heavy atom. The summed E-state index contributed by atoms with van der Waals surface area (Å²) >= 11 is 0. The van der Waals surface area contributed by atoms with E-state index in [1.54, 1.807) is 12.1 Å². The van der Waals surface area contributed by atoms with Crippen LogP contribution in [0.1, 0.15) is 17.3 Å². The number of rotatable bonds is 3. The fourth-order valence-electron chi connectivity index (χ4n) is 2.17. The molecule has 3 rings (SSSR count). The van der Waals surface area contributed by atoms with Crippen molar-refractivity contribution >= 4 is 17.0 Å². The molecule has 0 aliphatic heterocycles. The Morgan fingerprint density at radius 3 is 2.42 bits per heavy atom. The van der Waals surface area contributed by atoms with Crippen LogP contribution in [-0.2, 0) is 4.79 Å². The molecule has 0 aliphatic rings. The zero-order valence-corrected chi connectivity index (χ0v) is 10.1. The number of benzene rings is 2. The summed E-state index contributed by atoms with van der Waals surface area (Å²) in [6, 6.07) is 16.6. The summed E-state index contributed by atoms with van der Waals surface area (Å²) in [6.07, 6.45) is 0. The molecule has 0 saturated carbocycles. The van der Waals surface area contributed by atoms with Gasteiger partial charge in [-0.2, -0.15) is 0 Å². The molecule has 0 aliphatic carbocycles. The van der Waals surface area contributed by atoms with E-state index in [0.29, 0.717) is 11.4 Å². The number of nitrogens with one attached hydrogen (secondary N) is 1. The molecule has 0 radical (unpaired) electrons. The highest BCUT2D eigenvalue weighted by Gasteiger charge is 2.25. The molecule has 94 valence electrons. The van der Waals surface area contributed by atoms with Crippen molar-refractivity contribution < 1.29 is 9.90 Å². The van der Waals surface area contributed by atoms with Crippen molar-refractivity contribution in [1.82, 2.24) is 9.97 Å². The summed E-state index contributed by atoms with van der Waals surface area (Å²) in [5, 5.41) is 9.45. The topological polar surface area (TPSA) is 66.0 Å². The van der Waals surface area contributed by atoms with Crippen LogP contribution in [0.3, 0.4) is 0 Å². The molecular weight excluding hydrogens is 240 g/mol. The van der Waals surface area contributed by atoms with Gasteiger partial charge < -0.3 is 10.1 Å². The van der Waals surface area contributed by atoms with E-state index in [1.165, 1.54) is 0 Å². The van der Waals surface area contributed by atoms with E-state index in [9.17, 15) is 9.90 Å². The summed E-state index contributed by atoms with van der Waals surface area (Å²) in [5.41, 5.74) is 2.34. The van der Waals surface area contributed by atoms with Gasteiger partial charge in [0.2, 0.25) is 0 Å². The number of carboxylic acids is 1. The van der Waals surface area contributed by atoms with E-state index in [0.717, 1.165) is 11.0 Å². The molecule has 19 heavy (non-hydrogen) atoms. The molecule has 4 nitrogen and oxygen atoms in total. The molecule has 0 fully saturated rings. The van der Waals surface area contributed by atoms with Crippen LogP contribution >= 0.6 is 0 Å². The Balaban J connectivity index is 2.12. The van der Waals surface area contributed by atoms with Gasteiger partial charge in [-0.15, -0.1) is 0 Å². The number of carboxylic acid groups (broad SMARTS) is 1. The lowest BCUT2D eigenvalue weighted by atomic mass is 9.99. The van der Waals surface area contributed by atoms with E-state index in [4.69, 9.17) is 0 Å². The van der Waals surface area contributed by atoms with Crippen LogP contribution in [0.5, 0.6) is 0 Å². The van der Waals surface area contributed by atoms with Gasteiger partial charge >= 0.3 is 5.97 Å². The minimum absolute atomic E-state index is 0.458. The van der Waals surface area contributed by atoms with Crippen molar-refractivity contribution in [1.29, 1.82) is 0 Å². The molecule has 1 heterocycles. The zero-order chi connectivity index (χ0) is 13.2. The average Bonchev–Trinajstić information content (AvgIpc) is 2.82. The monoisotopic (exact) mass is 252 g/mol. The van der Waals surface area contributed by atoms with E-state index >= 15 is 0 Å². The third-order valence-electron chi connectivity index (χ3n) is 3.06. The van der Waals surface area contributed by atoms with Crippen LogP contribution in [-0.4, -0.2) is 21.0 Å². The summed E-state index contributed by atoms with van der Waals surface area (Å²) in [4.78, 5) is 19.0. The SMILES string of the molecule is O=C(O)C(c1ccccc1)c1nc2ccccc2[nH]1. The van der Waals surface area contributed by atoms with Gasteiger partial charge in [-0.25, -0.2) is 4.98 Å². The van der Waals surface area contributed by atoms with Gasteiger partial charge in [0, 0.05) is 0 Å². The lowest BCUT2D eigenvalue weighted by Gasteiger charge is -2.09. The highest BCUT2D eigenvalue weighted by Crippen LogP contribution is 2.24. The summed E-state index contributed by atoms with van der Waals surface area (Å²) < 4.78 is 0. The molecule has 0 bridgehead atoms. The van der Waals surface area contributed by atoms with E-state index in [1.807, 2.05) is 42.5 Å². The van der Waals surface area contributed by atoms with Crippen molar-refractivity contribution in [2.75, 3.05) is 0 Å². The Labute approximate surface area is 109 Å². The first-order valence-corrected chi connectivity index (χ1v) is 5.98. The number of nitrogens with zero attached hydrogens (tertiary/aromatic N) is 1. The fourth-order valence-corrected chi connectivity index (χ4v) is 2.17. The normalized spacial score (nSPS) is 12.4. The molecule has 1 unspecified atom stereocenters. The number of carbonyl (C=O) groups is 1. The van der Waals surface area contributed by atoms with Crippen molar-refractivity contribution in [3.8, 4) is 0 Å². The van der Waals surface area contributed by atoms with Crippen LogP contribution in [0.15, 0.2) is 54.6 Å². The Kier molecular flexibility index (Phi) is 2.76. The van der Waals surface area contributed by atoms with Crippen LogP contribution in [0, 0.1) is 0 Å². The van der Waals surface area contributed by atoms with Gasteiger partial charge in [-0.3, -0.25) is 4.79 Å². The standard InChI is InChI=1S/C15H12N2O2/c18-15(19)13(10-6-2-1-3-7-10)14-16-11-8-4-5-9-12(11)17-14/h1-9,13H,(H,16,17)(H,18,19). The molecule has 1 aromatic heterocycles. The van der Waals surface area contributed by atoms with Crippen molar-refractivity contribution in [2.45, 2.75) is 5.92 Å². The molecule has 2 N–H and O–H groups in total. The van der Waals surface area contributed by atoms with Crippen LogP contribution in [0.4, 0.5) is 0 Å². The highest BCUT2D eigenvalue weighted by molar-refractivity contribution is 5.82. The van der Waals surface area contributed by atoms with Crippen molar-refractivity contribution in [3.05, 3.63) is 66.0 Å². The maximum atomic E-state index is 11.5. The first kappa shape index (κ1) is 11.5. The van der Waals surface area contributed by atoms with Crippen LogP contribution < -0.4 is 0 Å². The quantitative estimate of drug-likeness (QED) is 0.753. The van der Waals surface area contributed by atoms with Crippen molar-refractivity contribution in [3.63, 3.8) is 0 Å². The zero-order valence-electron chi connectivity index (χ0n) is 10.1. The first-order chi connectivity index (χ1) is 9.25. The van der Waals surface area contributed by atoms with Gasteiger partial charge in [-0.05, 0) is 17.7 Å². The number of aromatic nitrogens is 2. The van der Waals surface area contributed by atoms with Crippen LogP contribution in [0.2, 0.25) is 0 Å². The Hall–Kier alpha value is -2.62. The Bertz CT molecular complexity index is 686. The van der Waals surface area contributed by atoms with Crippen LogP contribution in [0.25, 0.3) is 11.0 Å². The number of aromatic amines is 1. The molecule has 3 aromatic rings. The Morgan fingerprint density at radius 2 is 1.74 bits per heavy atom. The fraction of sp³-hybridized carbons (Fsp3) is 0.0667. The number of imidazole rings is 1. The molecule has 4 heteroatoms. The second-order valence-electron chi connectivity index (χ2n) is 4.32. The highest BCUT2D eigenvalue weighted by atomic mass is 16.4. The first-order valence-electron chi connectivity index (χ1n) is 5.98. The minimum Gasteiger partial charge on any atom is -0.480 e. The number of hydrogen-bond donors (Lipinski definition) is 2. The lowest BCUT2D eigenvalue weighted by molar-refractivity contribution is -0.137. The number of hydrogen-bond acceptors (Lipinski definition) is 2. The maximum Gasteiger partial charge on any atom is 0.318 e. The smallest absolute Gasteiger partial charge is 0.318 e. The minimum atomic E-state index is -0.912. The summed E-state index contributed by atoms with van der Waals surface area (Å²) in [6.45, 7) is 0. The predicted molar refractivity (Wildman–Crippen MR) is 72.0 cm³/mol. The van der Waals surface area contributed by atoms with Gasteiger partial charge in [0.25, 0.3) is 0 Å². The van der Waals surface area contributed by atoms with E-state index in [-0.39, 0.29) is 0 Å². The largest absolute Gasteiger partial charge is 0.480 e. The number of fused-ring (bicyclic) bond motifs is 1. The summed E-state index contributed by atoms with van der Waals surface area (Å²) in [7, 11) is 0. The van der Waals surface area contributed by atoms with E-state index < -0.39 is 11.9 Å². The molecular formula is C15H12N2O2. The third-order valence-corrected chi connectivity index (χ3v) is 3.06. The van der Waals surface area contributed by atoms with Gasteiger partial charge in [0.15, 0.2) is 0 Å². The molecule has 2 aromatic carbocycles. The second-order valence-corrected chi connectivity index (χ2v) is 4.32. The van der Waals surface area contributed by atoms with Gasteiger partial charge in [0.05, 0.1) is 11.0 Å². The second kappa shape index (κ2) is 4.57. The number of para-hydroxylation sites is 2. The third kappa shape index (κ3) is 2.08. The van der Waals surface area contributed by atoms with Gasteiger partial charge in [-0.1, -0.05) is 42.5 Å². The molecule has 0 amide bonds. The number of aliphatic carboxylic acids is 1. The maximum absolute atomic E-state index is 11.5. The predicted octanol–water partition coefficient (Wildman–Crippen LogP) is 2.78. The molecule has 0 saturated heterocycles.